The number of aromatic nitrogens is 2. The lowest BCUT2D eigenvalue weighted by Crippen LogP contribution is -2.31. The highest BCUT2D eigenvalue weighted by molar-refractivity contribution is 7.99. The summed E-state index contributed by atoms with van der Waals surface area (Å²) in [4.78, 5) is 32.2. The van der Waals surface area contributed by atoms with Crippen molar-refractivity contribution in [3.05, 3.63) is 76.6 Å². The number of amides is 1. The number of nitrogens with zero attached hydrogens (tertiary/aromatic N) is 1. The molecule has 2 N–H and O–H groups in total. The van der Waals surface area contributed by atoms with Crippen LogP contribution in [0.4, 0.5) is 5.82 Å². The Morgan fingerprint density at radius 1 is 1.19 bits per heavy atom. The zero-order valence-corrected chi connectivity index (χ0v) is 14.8. The molecule has 1 aliphatic rings. The van der Waals surface area contributed by atoms with Crippen molar-refractivity contribution in [2.24, 2.45) is 0 Å². The van der Waals surface area contributed by atoms with Crippen LogP contribution in [0.25, 0.3) is 10.8 Å². The smallest absolute Gasteiger partial charge is 0.257 e. The van der Waals surface area contributed by atoms with Crippen LogP contribution in [0.3, 0.4) is 0 Å². The average molecular weight is 363 g/mol. The first kappa shape index (κ1) is 16.6. The minimum Gasteiger partial charge on any atom is -0.310 e. The van der Waals surface area contributed by atoms with Gasteiger partial charge in [0, 0.05) is 18.1 Å². The molecule has 0 bridgehead atoms. The van der Waals surface area contributed by atoms with Crippen LogP contribution >= 0.6 is 11.8 Å². The molecule has 0 spiro atoms. The highest BCUT2D eigenvalue weighted by atomic mass is 32.2. The molecule has 3 aromatic rings. The van der Waals surface area contributed by atoms with Gasteiger partial charge >= 0.3 is 0 Å². The summed E-state index contributed by atoms with van der Waals surface area (Å²) >= 11 is 1.37. The molecule has 0 fully saturated rings. The summed E-state index contributed by atoms with van der Waals surface area (Å²) in [6.45, 7) is 3.66. The van der Waals surface area contributed by atoms with Crippen LogP contribution in [0.5, 0.6) is 0 Å². The van der Waals surface area contributed by atoms with Gasteiger partial charge in [-0.3, -0.25) is 9.59 Å². The summed E-state index contributed by atoms with van der Waals surface area (Å²) in [5.41, 5.74) is 1.25. The number of hydrogen-bond donors (Lipinski definition) is 2. The van der Waals surface area contributed by atoms with Crippen molar-refractivity contribution in [3.63, 3.8) is 0 Å². The van der Waals surface area contributed by atoms with E-state index in [1.54, 1.807) is 6.08 Å². The monoisotopic (exact) mass is 363 g/mol. The molecule has 0 saturated heterocycles. The minimum absolute atomic E-state index is 0.131. The summed E-state index contributed by atoms with van der Waals surface area (Å²) in [7, 11) is 0. The number of rotatable bonds is 4. The molecule has 1 amide bonds. The number of fused-ring (bicyclic) bond motifs is 2. The van der Waals surface area contributed by atoms with Gasteiger partial charge in [0.2, 0.25) is 5.91 Å². The molecular weight excluding hydrogens is 346 g/mol. The second-order valence-corrected chi connectivity index (χ2v) is 7.15. The van der Waals surface area contributed by atoms with Crippen molar-refractivity contribution in [1.82, 2.24) is 9.97 Å². The van der Waals surface area contributed by atoms with Gasteiger partial charge in [0.15, 0.2) is 5.16 Å². The Balaban J connectivity index is 1.82. The van der Waals surface area contributed by atoms with E-state index in [2.05, 4.69) is 21.9 Å². The van der Waals surface area contributed by atoms with E-state index >= 15 is 0 Å². The van der Waals surface area contributed by atoms with Crippen molar-refractivity contribution < 1.29 is 4.79 Å². The Labute approximate surface area is 154 Å². The van der Waals surface area contributed by atoms with Crippen LogP contribution in [0.1, 0.15) is 23.5 Å². The quantitative estimate of drug-likeness (QED) is 0.421. The maximum absolute atomic E-state index is 12.7. The van der Waals surface area contributed by atoms with Gasteiger partial charge in [0.05, 0.1) is 5.56 Å². The summed E-state index contributed by atoms with van der Waals surface area (Å²) < 4.78 is 0. The number of nitrogens with one attached hydrogen (secondary N) is 2. The van der Waals surface area contributed by atoms with Crippen molar-refractivity contribution in [2.45, 2.75) is 17.5 Å². The Hall–Kier alpha value is -2.86. The molecule has 1 atom stereocenters. The Morgan fingerprint density at radius 2 is 2.00 bits per heavy atom. The lowest BCUT2D eigenvalue weighted by Gasteiger charge is -2.24. The molecule has 130 valence electrons. The molecule has 0 saturated carbocycles. The van der Waals surface area contributed by atoms with E-state index in [9.17, 15) is 9.59 Å². The molecule has 0 unspecified atom stereocenters. The second-order valence-electron chi connectivity index (χ2n) is 6.14. The first-order chi connectivity index (χ1) is 12.7. The molecule has 0 aliphatic carbocycles. The maximum atomic E-state index is 12.7. The third-order valence-electron chi connectivity index (χ3n) is 4.44. The number of H-pyrrole nitrogens is 1. The fraction of sp³-hybridized carbons (Fsp3) is 0.150. The van der Waals surface area contributed by atoms with E-state index in [4.69, 9.17) is 0 Å². The lowest BCUT2D eigenvalue weighted by molar-refractivity contribution is -0.116. The predicted molar refractivity (Wildman–Crippen MR) is 105 cm³/mol. The van der Waals surface area contributed by atoms with E-state index in [0.717, 1.165) is 16.3 Å². The van der Waals surface area contributed by atoms with Crippen LogP contribution in [0, 0.1) is 0 Å². The van der Waals surface area contributed by atoms with Gasteiger partial charge in [-0.1, -0.05) is 60.3 Å². The van der Waals surface area contributed by atoms with Crippen molar-refractivity contribution in [2.75, 3.05) is 11.1 Å². The van der Waals surface area contributed by atoms with Gasteiger partial charge in [0.25, 0.3) is 5.56 Å². The van der Waals surface area contributed by atoms with Crippen LogP contribution in [0.15, 0.2) is 65.1 Å². The summed E-state index contributed by atoms with van der Waals surface area (Å²) in [5.74, 6) is 0.547. The number of carbonyl (C=O) groups excluding carboxylic acids is 1. The van der Waals surface area contributed by atoms with E-state index in [-0.39, 0.29) is 23.8 Å². The molecule has 1 aliphatic heterocycles. The first-order valence-electron chi connectivity index (χ1n) is 8.32. The van der Waals surface area contributed by atoms with E-state index < -0.39 is 0 Å². The van der Waals surface area contributed by atoms with Gasteiger partial charge in [0.1, 0.15) is 5.82 Å². The van der Waals surface area contributed by atoms with Crippen LogP contribution in [-0.4, -0.2) is 21.6 Å². The lowest BCUT2D eigenvalue weighted by atomic mass is 9.86. The fourth-order valence-electron chi connectivity index (χ4n) is 3.27. The fourth-order valence-corrected chi connectivity index (χ4v) is 3.86. The van der Waals surface area contributed by atoms with Crippen LogP contribution < -0.4 is 10.9 Å². The summed E-state index contributed by atoms with van der Waals surface area (Å²) in [5, 5.41) is 5.43. The third kappa shape index (κ3) is 3.04. The second kappa shape index (κ2) is 6.80. The SMILES string of the molecule is C=CCSc1nc2c(c(=O)[nH]1)[C@H](c1ccc3ccccc3c1)CC(=O)N2. The number of anilines is 1. The first-order valence-corrected chi connectivity index (χ1v) is 9.30. The van der Waals surface area contributed by atoms with Gasteiger partial charge in [-0.15, -0.1) is 6.58 Å². The van der Waals surface area contributed by atoms with Crippen molar-refractivity contribution >= 4 is 34.3 Å². The van der Waals surface area contributed by atoms with E-state index in [1.807, 2.05) is 42.5 Å². The maximum Gasteiger partial charge on any atom is 0.257 e. The molecule has 4 rings (SSSR count). The third-order valence-corrected chi connectivity index (χ3v) is 5.31. The normalized spacial score (nSPS) is 16.2. The number of benzene rings is 2. The zero-order chi connectivity index (χ0) is 18.1. The van der Waals surface area contributed by atoms with Crippen LogP contribution in [-0.2, 0) is 4.79 Å². The number of thioether (sulfide) groups is 1. The Kier molecular flexibility index (Phi) is 4.34. The largest absolute Gasteiger partial charge is 0.310 e. The average Bonchev–Trinajstić information content (AvgIpc) is 2.65. The van der Waals surface area contributed by atoms with E-state index in [0.29, 0.717) is 22.3 Å². The van der Waals surface area contributed by atoms with Gasteiger partial charge in [-0.25, -0.2) is 4.98 Å². The molecule has 1 aromatic heterocycles. The predicted octanol–water partition coefficient (Wildman–Crippen LogP) is 3.68. The highest BCUT2D eigenvalue weighted by Gasteiger charge is 2.31. The van der Waals surface area contributed by atoms with E-state index in [1.165, 1.54) is 11.8 Å². The van der Waals surface area contributed by atoms with Gasteiger partial charge in [-0.05, 0) is 16.3 Å². The number of carbonyl (C=O) groups is 1. The summed E-state index contributed by atoms with van der Waals surface area (Å²) in [6, 6.07) is 14.1. The van der Waals surface area contributed by atoms with Gasteiger partial charge in [-0.2, -0.15) is 0 Å². The molecule has 6 heteroatoms. The number of hydrogen-bond acceptors (Lipinski definition) is 4. The molecule has 2 heterocycles. The Bertz CT molecular complexity index is 1070. The van der Waals surface area contributed by atoms with Crippen molar-refractivity contribution in [3.8, 4) is 0 Å². The zero-order valence-electron chi connectivity index (χ0n) is 14.0. The highest BCUT2D eigenvalue weighted by Crippen LogP contribution is 2.35. The molecule has 26 heavy (non-hydrogen) atoms. The molecule has 0 radical (unpaired) electrons. The number of aromatic amines is 1. The topological polar surface area (TPSA) is 74.8 Å². The van der Waals surface area contributed by atoms with Crippen molar-refractivity contribution in [1.29, 1.82) is 0 Å². The molecular formula is C20H17N3O2S. The Morgan fingerprint density at radius 3 is 2.81 bits per heavy atom. The molecule has 2 aromatic carbocycles. The van der Waals surface area contributed by atoms with Crippen LogP contribution in [0.2, 0.25) is 0 Å². The molecule has 5 nitrogen and oxygen atoms in total. The standard InChI is InChI=1S/C20H17N3O2S/c1-2-9-26-20-22-18-17(19(25)23-20)15(11-16(24)21-18)14-8-7-12-5-3-4-6-13(12)10-14/h2-8,10,15H,1,9,11H2,(H2,21,22,23,24,25)/t15-/m0/s1. The summed E-state index contributed by atoms with van der Waals surface area (Å²) in [6.07, 6.45) is 1.97. The van der Waals surface area contributed by atoms with Gasteiger partial charge < -0.3 is 10.3 Å². The minimum atomic E-state index is -0.307.